The Balaban J connectivity index is 1.31. The molecule has 2 saturated heterocycles. The number of hydrogen-bond acceptors (Lipinski definition) is 5. The van der Waals surface area contributed by atoms with Gasteiger partial charge < -0.3 is 20.3 Å². The first-order valence-corrected chi connectivity index (χ1v) is 11.0. The minimum absolute atomic E-state index is 0.0198. The number of methoxy groups -OCH3 is 1. The fraction of sp³-hybridized carbons (Fsp3) is 0.905. The lowest BCUT2D eigenvalue weighted by Gasteiger charge is -2.34. The van der Waals surface area contributed by atoms with Crippen molar-refractivity contribution < 1.29 is 14.3 Å². The molecule has 2 N–H and O–H groups in total. The van der Waals surface area contributed by atoms with Crippen LogP contribution in [0.3, 0.4) is 0 Å². The molecule has 2 heterocycles. The van der Waals surface area contributed by atoms with Gasteiger partial charge in [0.2, 0.25) is 5.91 Å². The largest absolute Gasteiger partial charge is 0.469 e. The molecule has 3 aliphatic rings. The van der Waals surface area contributed by atoms with Crippen LogP contribution in [0.1, 0.15) is 57.8 Å². The van der Waals surface area contributed by atoms with E-state index in [2.05, 4.69) is 15.5 Å². The van der Waals surface area contributed by atoms with E-state index in [9.17, 15) is 9.59 Å². The summed E-state index contributed by atoms with van der Waals surface area (Å²) in [6, 6.07) is 0.233. The zero-order chi connectivity index (χ0) is 19.1. The van der Waals surface area contributed by atoms with Crippen molar-refractivity contribution in [2.45, 2.75) is 63.8 Å². The molecule has 0 radical (unpaired) electrons. The van der Waals surface area contributed by atoms with Crippen molar-refractivity contribution in [3.63, 3.8) is 0 Å². The quantitative estimate of drug-likeness (QED) is 0.690. The maximum atomic E-state index is 12.6. The fourth-order valence-corrected chi connectivity index (χ4v) is 4.91. The second kappa shape index (κ2) is 10.4. The van der Waals surface area contributed by atoms with Gasteiger partial charge in [-0.2, -0.15) is 0 Å². The Morgan fingerprint density at radius 2 is 1.63 bits per heavy atom. The Hall–Kier alpha value is -1.14. The van der Waals surface area contributed by atoms with Crippen LogP contribution in [0, 0.1) is 17.8 Å². The molecule has 6 nitrogen and oxygen atoms in total. The molecule has 27 heavy (non-hydrogen) atoms. The van der Waals surface area contributed by atoms with E-state index in [0.717, 1.165) is 57.5 Å². The van der Waals surface area contributed by atoms with Crippen LogP contribution in [-0.4, -0.2) is 62.7 Å². The minimum Gasteiger partial charge on any atom is -0.469 e. The average Bonchev–Trinajstić information content (AvgIpc) is 2.73. The Morgan fingerprint density at radius 3 is 2.26 bits per heavy atom. The summed E-state index contributed by atoms with van der Waals surface area (Å²) in [5, 5.41) is 6.68. The monoisotopic (exact) mass is 379 g/mol. The summed E-state index contributed by atoms with van der Waals surface area (Å²) in [5.41, 5.74) is 0. The van der Waals surface area contributed by atoms with Gasteiger partial charge in [-0.15, -0.1) is 0 Å². The maximum Gasteiger partial charge on any atom is 0.308 e. The number of likely N-dealkylation sites (tertiary alicyclic amines) is 1. The van der Waals surface area contributed by atoms with Gasteiger partial charge in [0.1, 0.15) is 0 Å². The summed E-state index contributed by atoms with van der Waals surface area (Å²) in [6.07, 6.45) is 9.34. The molecule has 1 saturated carbocycles. The standard InChI is InChI=1S/C21H37N3O3/c1-27-21(26)18-2-4-19(5-3-18)23-20(25)17-9-14-24(15-10-17)13-8-16-6-11-22-12-7-16/h16-19,22H,2-15H2,1H3,(H,23,25). The number of esters is 1. The van der Waals surface area contributed by atoms with E-state index in [1.807, 2.05) is 0 Å². The lowest BCUT2D eigenvalue weighted by Crippen LogP contribution is -2.45. The summed E-state index contributed by atoms with van der Waals surface area (Å²) in [6.45, 7) is 5.65. The predicted molar refractivity (Wildman–Crippen MR) is 105 cm³/mol. The van der Waals surface area contributed by atoms with Crippen molar-refractivity contribution >= 4 is 11.9 Å². The minimum atomic E-state index is -0.100. The van der Waals surface area contributed by atoms with Gasteiger partial charge in [-0.05, 0) is 96.4 Å². The Morgan fingerprint density at radius 1 is 0.963 bits per heavy atom. The number of piperidine rings is 2. The van der Waals surface area contributed by atoms with Crippen molar-refractivity contribution in [1.29, 1.82) is 0 Å². The van der Waals surface area contributed by atoms with E-state index in [1.165, 1.54) is 46.0 Å². The predicted octanol–water partition coefficient (Wildman–Crippen LogP) is 1.94. The smallest absolute Gasteiger partial charge is 0.308 e. The van der Waals surface area contributed by atoms with Crippen molar-refractivity contribution in [3.05, 3.63) is 0 Å². The third-order valence-electron chi connectivity index (χ3n) is 6.88. The number of amides is 1. The molecule has 0 unspecified atom stereocenters. The molecule has 0 bridgehead atoms. The summed E-state index contributed by atoms with van der Waals surface area (Å²) >= 11 is 0. The van der Waals surface area contributed by atoms with Crippen molar-refractivity contribution in [1.82, 2.24) is 15.5 Å². The van der Waals surface area contributed by atoms with E-state index in [1.54, 1.807) is 0 Å². The number of carbonyl (C=O) groups is 2. The van der Waals surface area contributed by atoms with Gasteiger partial charge in [0.05, 0.1) is 13.0 Å². The summed E-state index contributed by atoms with van der Waals surface area (Å²) in [4.78, 5) is 26.8. The van der Waals surface area contributed by atoms with Crippen molar-refractivity contribution in [2.75, 3.05) is 39.8 Å². The fourth-order valence-electron chi connectivity index (χ4n) is 4.91. The Kier molecular flexibility index (Phi) is 7.94. The number of nitrogens with zero attached hydrogens (tertiary/aromatic N) is 1. The Labute approximate surface area is 163 Å². The third kappa shape index (κ3) is 6.18. The van der Waals surface area contributed by atoms with Gasteiger partial charge in [-0.25, -0.2) is 0 Å². The molecule has 1 aliphatic carbocycles. The first-order chi connectivity index (χ1) is 13.2. The van der Waals surface area contributed by atoms with Crippen LogP contribution < -0.4 is 10.6 Å². The summed E-state index contributed by atoms with van der Waals surface area (Å²) in [5.74, 6) is 1.20. The number of ether oxygens (including phenoxy) is 1. The van der Waals surface area contributed by atoms with Crippen LogP contribution in [0.15, 0.2) is 0 Å². The topological polar surface area (TPSA) is 70.7 Å². The molecular formula is C21H37N3O3. The van der Waals surface area contributed by atoms with Crippen molar-refractivity contribution in [2.24, 2.45) is 17.8 Å². The molecule has 2 aliphatic heterocycles. The van der Waals surface area contributed by atoms with Gasteiger partial charge in [-0.3, -0.25) is 9.59 Å². The van der Waals surface area contributed by atoms with E-state index >= 15 is 0 Å². The molecule has 0 aromatic carbocycles. The van der Waals surface area contributed by atoms with E-state index in [-0.39, 0.29) is 29.8 Å². The molecular weight excluding hydrogens is 342 g/mol. The van der Waals surface area contributed by atoms with Crippen LogP contribution in [0.2, 0.25) is 0 Å². The molecule has 3 fully saturated rings. The average molecular weight is 380 g/mol. The molecule has 6 heteroatoms. The highest BCUT2D eigenvalue weighted by Gasteiger charge is 2.30. The molecule has 0 aromatic rings. The molecule has 0 spiro atoms. The zero-order valence-electron chi connectivity index (χ0n) is 16.9. The van der Waals surface area contributed by atoms with Gasteiger partial charge in [-0.1, -0.05) is 0 Å². The second-order valence-corrected chi connectivity index (χ2v) is 8.68. The van der Waals surface area contributed by atoms with Crippen LogP contribution in [0.25, 0.3) is 0 Å². The number of rotatable bonds is 6. The third-order valence-corrected chi connectivity index (χ3v) is 6.88. The van der Waals surface area contributed by atoms with E-state index in [4.69, 9.17) is 4.74 Å². The highest BCUT2D eigenvalue weighted by Crippen LogP contribution is 2.26. The number of carbonyl (C=O) groups excluding carboxylic acids is 2. The lowest BCUT2D eigenvalue weighted by molar-refractivity contribution is -0.146. The number of hydrogen-bond donors (Lipinski definition) is 2. The zero-order valence-corrected chi connectivity index (χ0v) is 16.9. The normalized spacial score (nSPS) is 28.6. The lowest BCUT2D eigenvalue weighted by atomic mass is 9.85. The SMILES string of the molecule is COC(=O)C1CCC(NC(=O)C2CCN(CCC3CCNCC3)CC2)CC1. The Bertz CT molecular complexity index is 477. The van der Waals surface area contributed by atoms with Gasteiger partial charge in [0.15, 0.2) is 0 Å². The molecule has 0 aromatic heterocycles. The van der Waals surface area contributed by atoms with E-state index < -0.39 is 0 Å². The van der Waals surface area contributed by atoms with Crippen molar-refractivity contribution in [3.8, 4) is 0 Å². The highest BCUT2D eigenvalue weighted by atomic mass is 16.5. The van der Waals surface area contributed by atoms with Crippen LogP contribution in [-0.2, 0) is 14.3 Å². The van der Waals surface area contributed by atoms with Crippen LogP contribution in [0.4, 0.5) is 0 Å². The summed E-state index contributed by atoms with van der Waals surface area (Å²) in [7, 11) is 1.45. The first-order valence-electron chi connectivity index (χ1n) is 11.0. The second-order valence-electron chi connectivity index (χ2n) is 8.68. The van der Waals surface area contributed by atoms with Gasteiger partial charge in [0.25, 0.3) is 0 Å². The van der Waals surface area contributed by atoms with E-state index in [0.29, 0.717) is 0 Å². The molecule has 0 atom stereocenters. The highest BCUT2D eigenvalue weighted by molar-refractivity contribution is 5.79. The van der Waals surface area contributed by atoms with Crippen LogP contribution in [0.5, 0.6) is 0 Å². The van der Waals surface area contributed by atoms with Gasteiger partial charge in [0, 0.05) is 12.0 Å². The van der Waals surface area contributed by atoms with Crippen LogP contribution >= 0.6 is 0 Å². The molecule has 154 valence electrons. The summed E-state index contributed by atoms with van der Waals surface area (Å²) < 4.78 is 4.84. The maximum absolute atomic E-state index is 12.6. The molecule has 1 amide bonds. The van der Waals surface area contributed by atoms with Gasteiger partial charge >= 0.3 is 5.97 Å². The number of nitrogens with one attached hydrogen (secondary N) is 2. The first kappa shape index (κ1) is 20.6. The molecule has 3 rings (SSSR count).